The van der Waals surface area contributed by atoms with Crippen molar-refractivity contribution in [2.75, 3.05) is 19.6 Å². The highest BCUT2D eigenvalue weighted by Crippen LogP contribution is 2.27. The first kappa shape index (κ1) is 16.9. The third kappa shape index (κ3) is 4.28. The molecule has 21 heavy (non-hydrogen) atoms. The Bertz CT molecular complexity index is 540. The van der Waals surface area contributed by atoms with Crippen LogP contribution in [0.5, 0.6) is 0 Å². The Labute approximate surface area is 132 Å². The van der Waals surface area contributed by atoms with Crippen LogP contribution in [0, 0.1) is 5.92 Å². The average molecular weight is 331 g/mol. The molecule has 0 radical (unpaired) electrons. The van der Waals surface area contributed by atoms with Crippen LogP contribution in [0.2, 0.25) is 0 Å². The van der Waals surface area contributed by atoms with Crippen LogP contribution in [0.4, 0.5) is 0 Å². The topological polar surface area (TPSA) is 49.4 Å². The van der Waals surface area contributed by atoms with E-state index in [-0.39, 0.29) is 0 Å². The lowest BCUT2D eigenvalue weighted by Crippen LogP contribution is -2.39. The van der Waals surface area contributed by atoms with Gasteiger partial charge in [0.1, 0.15) is 0 Å². The fraction of sp³-hybridized carbons (Fsp3) is 0.733. The van der Waals surface area contributed by atoms with Crippen molar-refractivity contribution in [3.8, 4) is 0 Å². The SMILES string of the molecule is CCCNCc1cc(S(=O)(=O)N2CCCC(CC)C2)cs1. The Morgan fingerprint density at radius 3 is 2.95 bits per heavy atom. The predicted molar refractivity (Wildman–Crippen MR) is 88.1 cm³/mol. The summed E-state index contributed by atoms with van der Waals surface area (Å²) in [6.45, 7) is 7.33. The van der Waals surface area contributed by atoms with Crippen molar-refractivity contribution in [3.05, 3.63) is 16.3 Å². The minimum absolute atomic E-state index is 0.470. The first-order valence-corrected chi connectivity index (χ1v) is 10.2. The summed E-state index contributed by atoms with van der Waals surface area (Å²) in [6.07, 6.45) is 4.27. The van der Waals surface area contributed by atoms with Gasteiger partial charge in [-0.2, -0.15) is 4.31 Å². The van der Waals surface area contributed by atoms with Crippen molar-refractivity contribution < 1.29 is 8.42 Å². The fourth-order valence-corrected chi connectivity index (χ4v) is 5.49. The molecular weight excluding hydrogens is 304 g/mol. The number of hydrogen-bond donors (Lipinski definition) is 1. The summed E-state index contributed by atoms with van der Waals surface area (Å²) < 4.78 is 27.1. The minimum Gasteiger partial charge on any atom is -0.312 e. The van der Waals surface area contributed by atoms with Gasteiger partial charge in [0, 0.05) is 29.9 Å². The maximum Gasteiger partial charge on any atom is 0.243 e. The summed E-state index contributed by atoms with van der Waals surface area (Å²) >= 11 is 1.53. The Morgan fingerprint density at radius 2 is 2.24 bits per heavy atom. The van der Waals surface area contributed by atoms with Gasteiger partial charge in [-0.1, -0.05) is 20.3 Å². The smallest absolute Gasteiger partial charge is 0.243 e. The average Bonchev–Trinajstić information content (AvgIpc) is 2.97. The second-order valence-electron chi connectivity index (χ2n) is 5.71. The summed E-state index contributed by atoms with van der Waals surface area (Å²) in [5.74, 6) is 0.512. The zero-order chi connectivity index (χ0) is 15.3. The highest BCUT2D eigenvalue weighted by Gasteiger charge is 2.30. The highest BCUT2D eigenvalue weighted by molar-refractivity contribution is 7.89. The van der Waals surface area contributed by atoms with Crippen molar-refractivity contribution in [3.63, 3.8) is 0 Å². The molecule has 1 unspecified atom stereocenters. The van der Waals surface area contributed by atoms with Crippen LogP contribution in [-0.2, 0) is 16.6 Å². The van der Waals surface area contributed by atoms with E-state index in [1.165, 1.54) is 11.3 Å². The zero-order valence-electron chi connectivity index (χ0n) is 13.0. The van der Waals surface area contributed by atoms with Gasteiger partial charge >= 0.3 is 0 Å². The van der Waals surface area contributed by atoms with Gasteiger partial charge in [-0.15, -0.1) is 11.3 Å². The minimum atomic E-state index is -3.30. The van der Waals surface area contributed by atoms with Crippen LogP contribution in [-0.4, -0.2) is 32.4 Å². The van der Waals surface area contributed by atoms with E-state index in [1.54, 1.807) is 9.69 Å². The van der Waals surface area contributed by atoms with E-state index < -0.39 is 10.0 Å². The number of thiophene rings is 1. The molecule has 1 atom stereocenters. The van der Waals surface area contributed by atoms with Crippen LogP contribution in [0.3, 0.4) is 0 Å². The molecule has 0 aliphatic carbocycles. The Kier molecular flexibility index (Phi) is 6.22. The third-order valence-electron chi connectivity index (χ3n) is 4.05. The molecule has 1 aromatic rings. The molecule has 0 bridgehead atoms. The molecule has 2 rings (SSSR count). The van der Waals surface area contributed by atoms with Gasteiger partial charge in [0.15, 0.2) is 0 Å². The third-order valence-corrected chi connectivity index (χ3v) is 6.98. The van der Waals surface area contributed by atoms with Crippen LogP contribution >= 0.6 is 11.3 Å². The lowest BCUT2D eigenvalue weighted by Gasteiger charge is -2.31. The van der Waals surface area contributed by atoms with Gasteiger partial charge < -0.3 is 5.32 Å². The van der Waals surface area contributed by atoms with E-state index in [0.29, 0.717) is 23.9 Å². The number of piperidine rings is 1. The largest absolute Gasteiger partial charge is 0.312 e. The van der Waals surface area contributed by atoms with Crippen LogP contribution in [0.15, 0.2) is 16.3 Å². The molecule has 1 aliphatic rings. The fourth-order valence-electron chi connectivity index (χ4n) is 2.70. The van der Waals surface area contributed by atoms with E-state index in [2.05, 4.69) is 19.2 Å². The number of hydrogen-bond acceptors (Lipinski definition) is 4. The lowest BCUT2D eigenvalue weighted by molar-refractivity contribution is 0.261. The highest BCUT2D eigenvalue weighted by atomic mass is 32.2. The molecule has 120 valence electrons. The van der Waals surface area contributed by atoms with Crippen LogP contribution in [0.1, 0.15) is 44.4 Å². The first-order chi connectivity index (χ1) is 10.1. The van der Waals surface area contributed by atoms with E-state index >= 15 is 0 Å². The van der Waals surface area contributed by atoms with E-state index in [1.807, 2.05) is 6.07 Å². The summed E-state index contributed by atoms with van der Waals surface area (Å²) in [7, 11) is -3.30. The molecule has 0 saturated carbocycles. The molecule has 4 nitrogen and oxygen atoms in total. The molecule has 1 fully saturated rings. The lowest BCUT2D eigenvalue weighted by atomic mass is 9.97. The maximum atomic E-state index is 12.7. The molecule has 1 saturated heterocycles. The zero-order valence-corrected chi connectivity index (χ0v) is 14.6. The molecule has 0 amide bonds. The van der Waals surface area contributed by atoms with Crippen LogP contribution in [0.25, 0.3) is 0 Å². The summed E-state index contributed by atoms with van der Waals surface area (Å²) in [5.41, 5.74) is 0. The van der Waals surface area contributed by atoms with Crippen LogP contribution < -0.4 is 5.32 Å². The number of nitrogens with zero attached hydrogens (tertiary/aromatic N) is 1. The molecule has 6 heteroatoms. The van der Waals surface area contributed by atoms with Crippen molar-refractivity contribution in [2.45, 2.75) is 51.0 Å². The predicted octanol–water partition coefficient (Wildman–Crippen LogP) is 3.06. The Hall–Kier alpha value is -0.430. The van der Waals surface area contributed by atoms with Gasteiger partial charge in [0.2, 0.25) is 10.0 Å². The molecular formula is C15H26N2O2S2. The van der Waals surface area contributed by atoms with Gasteiger partial charge in [-0.3, -0.25) is 0 Å². The quantitative estimate of drug-likeness (QED) is 0.782. The van der Waals surface area contributed by atoms with Crippen molar-refractivity contribution >= 4 is 21.4 Å². The van der Waals surface area contributed by atoms with E-state index in [0.717, 1.165) is 43.6 Å². The van der Waals surface area contributed by atoms with Crippen molar-refractivity contribution in [2.24, 2.45) is 5.92 Å². The van der Waals surface area contributed by atoms with Gasteiger partial charge in [0.05, 0.1) is 4.90 Å². The first-order valence-electron chi connectivity index (χ1n) is 7.86. The summed E-state index contributed by atoms with van der Waals surface area (Å²) in [6, 6.07) is 1.83. The van der Waals surface area contributed by atoms with E-state index in [9.17, 15) is 8.42 Å². The number of rotatable bonds is 7. The summed E-state index contributed by atoms with van der Waals surface area (Å²) in [5, 5.41) is 5.10. The van der Waals surface area contributed by atoms with Gasteiger partial charge in [-0.25, -0.2) is 8.42 Å². The second-order valence-corrected chi connectivity index (χ2v) is 8.64. The standard InChI is InChI=1S/C15H26N2O2S2/c1-3-7-16-10-14-9-15(12-20-14)21(18,19)17-8-5-6-13(4-2)11-17/h9,12-13,16H,3-8,10-11H2,1-2H3. The van der Waals surface area contributed by atoms with Gasteiger partial charge in [-0.05, 0) is 37.8 Å². The molecule has 1 aromatic heterocycles. The second kappa shape index (κ2) is 7.72. The molecule has 0 spiro atoms. The molecule has 1 aliphatic heterocycles. The molecule has 0 aromatic carbocycles. The number of sulfonamides is 1. The van der Waals surface area contributed by atoms with E-state index in [4.69, 9.17) is 0 Å². The van der Waals surface area contributed by atoms with Crippen molar-refractivity contribution in [1.29, 1.82) is 0 Å². The Morgan fingerprint density at radius 1 is 1.43 bits per heavy atom. The monoisotopic (exact) mass is 330 g/mol. The van der Waals surface area contributed by atoms with Gasteiger partial charge in [0.25, 0.3) is 0 Å². The molecule has 2 heterocycles. The Balaban J connectivity index is 2.05. The summed E-state index contributed by atoms with van der Waals surface area (Å²) in [4.78, 5) is 1.56. The van der Waals surface area contributed by atoms with Crippen molar-refractivity contribution in [1.82, 2.24) is 9.62 Å². The number of nitrogens with one attached hydrogen (secondary N) is 1. The molecule has 1 N–H and O–H groups in total. The normalized spacial score (nSPS) is 20.8. The maximum absolute atomic E-state index is 12.7.